The van der Waals surface area contributed by atoms with E-state index < -0.39 is 0 Å². The van der Waals surface area contributed by atoms with Crippen LogP contribution in [-0.4, -0.2) is 19.1 Å². The molecule has 0 fully saturated rings. The molecule has 0 saturated heterocycles. The van der Waals surface area contributed by atoms with Crippen LogP contribution in [0.5, 0.6) is 0 Å². The van der Waals surface area contributed by atoms with Gasteiger partial charge in [0.2, 0.25) is 0 Å². The highest BCUT2D eigenvalue weighted by atomic mass is 33.1. The van der Waals surface area contributed by atoms with Crippen molar-refractivity contribution >= 4 is 21.6 Å². The van der Waals surface area contributed by atoms with Crippen LogP contribution < -0.4 is 0 Å². The van der Waals surface area contributed by atoms with E-state index in [0.717, 1.165) is 10.3 Å². The van der Waals surface area contributed by atoms with Crippen LogP contribution in [0.3, 0.4) is 0 Å². The van der Waals surface area contributed by atoms with Gasteiger partial charge in [0.25, 0.3) is 0 Å². The largest absolute Gasteiger partial charge is 0.328 e. The summed E-state index contributed by atoms with van der Waals surface area (Å²) in [6, 6.07) is 0. The van der Waals surface area contributed by atoms with Gasteiger partial charge in [0.15, 0.2) is 10.3 Å². The number of aromatic nitrogens is 4. The van der Waals surface area contributed by atoms with Crippen LogP contribution in [-0.2, 0) is 14.1 Å². The van der Waals surface area contributed by atoms with Crippen LogP contribution in [0.4, 0.5) is 0 Å². The predicted octanol–water partition coefficient (Wildman–Crippen LogP) is 1.95. The van der Waals surface area contributed by atoms with E-state index in [2.05, 4.69) is 9.97 Å². The van der Waals surface area contributed by atoms with Crippen molar-refractivity contribution in [3.63, 3.8) is 0 Å². The highest BCUT2D eigenvalue weighted by Gasteiger charge is 2.04. The molecule has 0 atom stereocenters. The standard InChI is InChI=1S/C8H10N4S2/c1-11-5-3-9-7(11)13-14-8-10-4-6-12(8)2/h3-6H,1-2H3. The summed E-state index contributed by atoms with van der Waals surface area (Å²) in [7, 11) is 7.18. The second-order valence-corrected chi connectivity index (χ2v) is 4.87. The molecule has 0 aromatic carbocycles. The Balaban J connectivity index is 2.02. The summed E-state index contributed by atoms with van der Waals surface area (Å²) in [5.74, 6) is 0. The Hall–Kier alpha value is -0.880. The van der Waals surface area contributed by atoms with E-state index in [1.165, 1.54) is 0 Å². The molecule has 0 spiro atoms. The Morgan fingerprint density at radius 1 is 0.929 bits per heavy atom. The minimum Gasteiger partial charge on any atom is -0.328 e. The highest BCUT2D eigenvalue weighted by Crippen LogP contribution is 2.34. The average Bonchev–Trinajstić information content (AvgIpc) is 2.72. The number of aryl methyl sites for hydroxylation is 2. The van der Waals surface area contributed by atoms with Crippen molar-refractivity contribution in [2.24, 2.45) is 14.1 Å². The Kier molecular flexibility index (Phi) is 2.83. The van der Waals surface area contributed by atoms with Gasteiger partial charge in [-0.25, -0.2) is 9.97 Å². The lowest BCUT2D eigenvalue weighted by Gasteiger charge is -2.00. The molecular formula is C8H10N4S2. The number of hydrogen-bond donors (Lipinski definition) is 0. The summed E-state index contributed by atoms with van der Waals surface area (Å²) in [6.07, 6.45) is 7.45. The predicted molar refractivity (Wildman–Crippen MR) is 58.1 cm³/mol. The van der Waals surface area contributed by atoms with Gasteiger partial charge in [0.05, 0.1) is 0 Å². The van der Waals surface area contributed by atoms with Crippen LogP contribution in [0.2, 0.25) is 0 Å². The van der Waals surface area contributed by atoms with E-state index in [1.54, 1.807) is 34.0 Å². The topological polar surface area (TPSA) is 35.6 Å². The smallest absolute Gasteiger partial charge is 0.178 e. The van der Waals surface area contributed by atoms with E-state index in [1.807, 2.05) is 35.6 Å². The summed E-state index contributed by atoms with van der Waals surface area (Å²) < 4.78 is 3.97. The van der Waals surface area contributed by atoms with Crippen LogP contribution in [0, 0.1) is 0 Å². The van der Waals surface area contributed by atoms with Gasteiger partial charge in [-0.2, -0.15) is 0 Å². The first-order chi connectivity index (χ1) is 6.77. The molecule has 74 valence electrons. The molecule has 2 rings (SSSR count). The van der Waals surface area contributed by atoms with Gasteiger partial charge in [-0.1, -0.05) is 0 Å². The van der Waals surface area contributed by atoms with E-state index in [0.29, 0.717) is 0 Å². The first-order valence-electron chi connectivity index (χ1n) is 4.06. The lowest BCUT2D eigenvalue weighted by Crippen LogP contribution is -1.89. The molecule has 0 bridgehead atoms. The fraction of sp³-hybridized carbons (Fsp3) is 0.250. The minimum absolute atomic E-state index is 0.984. The normalized spacial score (nSPS) is 10.7. The van der Waals surface area contributed by atoms with Crippen molar-refractivity contribution in [3.8, 4) is 0 Å². The van der Waals surface area contributed by atoms with Crippen LogP contribution >= 0.6 is 21.6 Å². The average molecular weight is 226 g/mol. The number of nitrogens with zero attached hydrogens (tertiary/aromatic N) is 4. The zero-order valence-electron chi connectivity index (χ0n) is 7.91. The molecule has 0 radical (unpaired) electrons. The number of hydrogen-bond acceptors (Lipinski definition) is 4. The minimum atomic E-state index is 0.984. The van der Waals surface area contributed by atoms with E-state index in [4.69, 9.17) is 0 Å². The van der Waals surface area contributed by atoms with Crippen LogP contribution in [0.1, 0.15) is 0 Å². The molecule has 2 heterocycles. The summed E-state index contributed by atoms with van der Waals surface area (Å²) in [4.78, 5) is 8.43. The molecule has 0 N–H and O–H groups in total. The SMILES string of the molecule is Cn1ccnc1SSc1nccn1C. The zero-order valence-corrected chi connectivity index (χ0v) is 9.55. The lowest BCUT2D eigenvalue weighted by molar-refractivity contribution is 0.789. The molecule has 4 nitrogen and oxygen atoms in total. The second-order valence-electron chi connectivity index (χ2n) is 2.81. The Morgan fingerprint density at radius 3 is 1.64 bits per heavy atom. The fourth-order valence-electron chi connectivity index (χ4n) is 0.939. The van der Waals surface area contributed by atoms with Gasteiger partial charge in [-0.3, -0.25) is 0 Å². The zero-order chi connectivity index (χ0) is 9.97. The highest BCUT2D eigenvalue weighted by molar-refractivity contribution is 8.76. The van der Waals surface area contributed by atoms with Crippen LogP contribution in [0.25, 0.3) is 0 Å². The van der Waals surface area contributed by atoms with Crippen molar-refractivity contribution in [1.82, 2.24) is 19.1 Å². The summed E-state index contributed by atoms with van der Waals surface area (Å²) in [6.45, 7) is 0. The van der Waals surface area contributed by atoms with Crippen molar-refractivity contribution in [2.45, 2.75) is 10.3 Å². The molecule has 0 aliphatic rings. The Labute approximate surface area is 90.1 Å². The van der Waals surface area contributed by atoms with Crippen molar-refractivity contribution < 1.29 is 0 Å². The third-order valence-corrected chi connectivity index (χ3v) is 4.06. The summed E-state index contributed by atoms with van der Waals surface area (Å²) >= 11 is 0. The van der Waals surface area contributed by atoms with Crippen molar-refractivity contribution in [3.05, 3.63) is 24.8 Å². The monoisotopic (exact) mass is 226 g/mol. The van der Waals surface area contributed by atoms with E-state index in [9.17, 15) is 0 Å². The first-order valence-corrected chi connectivity index (χ1v) is 6.21. The third kappa shape index (κ3) is 1.96. The maximum absolute atomic E-state index is 4.21. The summed E-state index contributed by atoms with van der Waals surface area (Å²) in [5.41, 5.74) is 0. The van der Waals surface area contributed by atoms with Crippen molar-refractivity contribution in [2.75, 3.05) is 0 Å². The third-order valence-electron chi connectivity index (χ3n) is 1.74. The molecule has 0 saturated carbocycles. The quantitative estimate of drug-likeness (QED) is 0.749. The van der Waals surface area contributed by atoms with Gasteiger partial charge < -0.3 is 9.13 Å². The molecule has 6 heteroatoms. The number of rotatable bonds is 3. The molecule has 0 unspecified atom stereocenters. The van der Waals surface area contributed by atoms with Gasteiger partial charge in [-0.15, -0.1) is 0 Å². The Morgan fingerprint density at radius 2 is 1.36 bits per heavy atom. The summed E-state index contributed by atoms with van der Waals surface area (Å²) in [5, 5.41) is 1.97. The Bertz CT molecular complexity index is 380. The van der Waals surface area contributed by atoms with Gasteiger partial charge in [0.1, 0.15) is 0 Å². The second kappa shape index (κ2) is 4.10. The van der Waals surface area contributed by atoms with Crippen LogP contribution in [0.15, 0.2) is 35.1 Å². The first kappa shape index (κ1) is 9.67. The molecule has 0 aliphatic carbocycles. The van der Waals surface area contributed by atoms with E-state index in [-0.39, 0.29) is 0 Å². The molecule has 14 heavy (non-hydrogen) atoms. The lowest BCUT2D eigenvalue weighted by atomic mass is 10.9. The van der Waals surface area contributed by atoms with Gasteiger partial charge in [0, 0.05) is 38.9 Å². The van der Waals surface area contributed by atoms with Gasteiger partial charge in [-0.05, 0) is 21.6 Å². The van der Waals surface area contributed by atoms with E-state index >= 15 is 0 Å². The molecule has 0 amide bonds. The molecule has 2 aromatic rings. The molecular weight excluding hydrogens is 216 g/mol. The molecule has 2 aromatic heterocycles. The maximum Gasteiger partial charge on any atom is 0.178 e. The van der Waals surface area contributed by atoms with Gasteiger partial charge >= 0.3 is 0 Å². The van der Waals surface area contributed by atoms with Crippen molar-refractivity contribution in [1.29, 1.82) is 0 Å². The molecule has 0 aliphatic heterocycles. The maximum atomic E-state index is 4.21. The fourth-order valence-corrected chi connectivity index (χ4v) is 3.06. The number of imidazole rings is 2.